The van der Waals surface area contributed by atoms with Crippen LogP contribution < -0.4 is 0 Å². The fourth-order valence-electron chi connectivity index (χ4n) is 1.30. The summed E-state index contributed by atoms with van der Waals surface area (Å²) in [6, 6.07) is 4.07. The van der Waals surface area contributed by atoms with Crippen LogP contribution in [0.4, 0.5) is 4.39 Å². The van der Waals surface area contributed by atoms with Crippen molar-refractivity contribution in [3.8, 4) is 0 Å². The summed E-state index contributed by atoms with van der Waals surface area (Å²) >= 11 is 0. The molecule has 1 rings (SSSR count). The number of benzene rings is 1. The highest BCUT2D eigenvalue weighted by molar-refractivity contribution is 5.76. The van der Waals surface area contributed by atoms with E-state index in [2.05, 4.69) is 4.74 Å². The number of esters is 1. The molecule has 1 unspecified atom stereocenters. The van der Waals surface area contributed by atoms with E-state index in [0.717, 1.165) is 7.11 Å². The van der Waals surface area contributed by atoms with Gasteiger partial charge in [0, 0.05) is 12.7 Å². The molecule has 1 aromatic rings. The van der Waals surface area contributed by atoms with E-state index in [1.807, 2.05) is 0 Å². The highest BCUT2D eigenvalue weighted by Gasteiger charge is 2.21. The zero-order valence-corrected chi connectivity index (χ0v) is 9.07. The van der Waals surface area contributed by atoms with Crippen molar-refractivity contribution in [2.24, 2.45) is 0 Å². The average Bonchev–Trinajstić information content (AvgIpc) is 2.30. The zero-order valence-electron chi connectivity index (χ0n) is 9.07. The lowest BCUT2D eigenvalue weighted by Crippen LogP contribution is -2.15. The average molecular weight is 228 g/mol. The lowest BCUT2D eigenvalue weighted by atomic mass is 10.1. The van der Waals surface area contributed by atoms with Crippen LogP contribution in [0.15, 0.2) is 18.2 Å². The van der Waals surface area contributed by atoms with Gasteiger partial charge in [-0.15, -0.1) is 0 Å². The van der Waals surface area contributed by atoms with Crippen molar-refractivity contribution in [1.82, 2.24) is 0 Å². The van der Waals surface area contributed by atoms with Crippen molar-refractivity contribution in [3.63, 3.8) is 0 Å². The van der Waals surface area contributed by atoms with E-state index < -0.39 is 17.9 Å². The maximum Gasteiger partial charge on any atom is 0.339 e. The van der Waals surface area contributed by atoms with Crippen molar-refractivity contribution >= 4 is 5.97 Å². The standard InChI is InChI=1S/C11H13FO4/c1-15-6-7-3-4-9(12)8(5-7)10(13)11(14)16-2/h3-5,10,13H,6H2,1-2H3. The molecule has 0 aliphatic rings. The number of carbonyl (C=O) groups is 1. The van der Waals surface area contributed by atoms with Gasteiger partial charge in [0.2, 0.25) is 0 Å². The van der Waals surface area contributed by atoms with Gasteiger partial charge in [-0.3, -0.25) is 0 Å². The Kier molecular flexibility index (Phi) is 4.39. The minimum absolute atomic E-state index is 0.110. The molecule has 0 saturated heterocycles. The first-order valence-electron chi connectivity index (χ1n) is 4.63. The van der Waals surface area contributed by atoms with Gasteiger partial charge in [-0.1, -0.05) is 6.07 Å². The number of hydrogen-bond acceptors (Lipinski definition) is 4. The van der Waals surface area contributed by atoms with Crippen LogP contribution in [0, 0.1) is 5.82 Å². The number of halogens is 1. The quantitative estimate of drug-likeness (QED) is 0.786. The van der Waals surface area contributed by atoms with E-state index in [4.69, 9.17) is 4.74 Å². The highest BCUT2D eigenvalue weighted by atomic mass is 19.1. The molecule has 4 nitrogen and oxygen atoms in total. The summed E-state index contributed by atoms with van der Waals surface area (Å²) in [6.45, 7) is 0.279. The van der Waals surface area contributed by atoms with Gasteiger partial charge in [-0.2, -0.15) is 0 Å². The lowest BCUT2D eigenvalue weighted by Gasteiger charge is -2.11. The Balaban J connectivity index is 3.01. The fourth-order valence-corrected chi connectivity index (χ4v) is 1.30. The second-order valence-corrected chi connectivity index (χ2v) is 3.21. The molecule has 16 heavy (non-hydrogen) atoms. The Morgan fingerprint density at radius 2 is 2.19 bits per heavy atom. The second kappa shape index (κ2) is 5.58. The first kappa shape index (κ1) is 12.6. The van der Waals surface area contributed by atoms with Gasteiger partial charge in [0.25, 0.3) is 0 Å². The zero-order chi connectivity index (χ0) is 12.1. The molecular formula is C11H13FO4. The summed E-state index contributed by atoms with van der Waals surface area (Å²) in [5, 5.41) is 9.51. The lowest BCUT2D eigenvalue weighted by molar-refractivity contribution is -0.150. The van der Waals surface area contributed by atoms with Crippen molar-refractivity contribution < 1.29 is 23.8 Å². The number of aliphatic hydroxyl groups excluding tert-OH is 1. The number of carbonyl (C=O) groups excluding carboxylic acids is 1. The van der Waals surface area contributed by atoms with Crippen LogP contribution >= 0.6 is 0 Å². The summed E-state index contributed by atoms with van der Waals surface area (Å²) < 4.78 is 22.6. The topological polar surface area (TPSA) is 55.8 Å². The maximum atomic E-state index is 13.3. The third-order valence-electron chi connectivity index (χ3n) is 2.09. The minimum Gasteiger partial charge on any atom is -0.467 e. The van der Waals surface area contributed by atoms with Crippen LogP contribution in [0.3, 0.4) is 0 Å². The van der Waals surface area contributed by atoms with Gasteiger partial charge in [0.15, 0.2) is 6.10 Å². The number of methoxy groups -OCH3 is 2. The number of aliphatic hydroxyl groups is 1. The Bertz CT molecular complexity index is 378. The predicted octanol–water partition coefficient (Wildman–Crippen LogP) is 1.18. The van der Waals surface area contributed by atoms with Crippen LogP contribution in [0.1, 0.15) is 17.2 Å². The van der Waals surface area contributed by atoms with Crippen molar-refractivity contribution in [3.05, 3.63) is 35.1 Å². The van der Waals surface area contributed by atoms with Crippen LogP contribution in [0.5, 0.6) is 0 Å². The first-order valence-corrected chi connectivity index (χ1v) is 4.63. The molecule has 1 aromatic carbocycles. The molecule has 88 valence electrons. The predicted molar refractivity (Wildman–Crippen MR) is 54.1 cm³/mol. The Morgan fingerprint density at radius 3 is 2.75 bits per heavy atom. The van der Waals surface area contributed by atoms with Crippen LogP contribution in [-0.2, 0) is 20.9 Å². The summed E-state index contributed by atoms with van der Waals surface area (Å²) in [5.74, 6) is -1.55. The van der Waals surface area contributed by atoms with Gasteiger partial charge in [-0.05, 0) is 17.7 Å². The Hall–Kier alpha value is -1.46. The van der Waals surface area contributed by atoms with Crippen molar-refractivity contribution in [2.75, 3.05) is 14.2 Å². The van der Waals surface area contributed by atoms with Gasteiger partial charge in [0.1, 0.15) is 5.82 Å². The van der Waals surface area contributed by atoms with Gasteiger partial charge >= 0.3 is 5.97 Å². The molecule has 1 N–H and O–H groups in total. The van der Waals surface area contributed by atoms with Crippen LogP contribution in [0.2, 0.25) is 0 Å². The molecule has 0 radical (unpaired) electrons. The largest absolute Gasteiger partial charge is 0.467 e. The van der Waals surface area contributed by atoms with E-state index in [0.29, 0.717) is 5.56 Å². The highest BCUT2D eigenvalue weighted by Crippen LogP contribution is 2.20. The maximum absolute atomic E-state index is 13.3. The summed E-state index contributed by atoms with van der Waals surface area (Å²) in [7, 11) is 2.63. The van der Waals surface area contributed by atoms with E-state index in [9.17, 15) is 14.3 Å². The van der Waals surface area contributed by atoms with Gasteiger partial charge < -0.3 is 14.6 Å². The van der Waals surface area contributed by atoms with Crippen LogP contribution in [-0.4, -0.2) is 25.3 Å². The third-order valence-corrected chi connectivity index (χ3v) is 2.09. The van der Waals surface area contributed by atoms with Gasteiger partial charge in [-0.25, -0.2) is 9.18 Å². The minimum atomic E-state index is -1.61. The molecule has 0 heterocycles. The number of rotatable bonds is 4. The SMILES string of the molecule is COCc1ccc(F)c(C(O)C(=O)OC)c1. The molecule has 0 amide bonds. The second-order valence-electron chi connectivity index (χ2n) is 3.21. The summed E-state index contributed by atoms with van der Waals surface area (Å²) in [5.41, 5.74) is 0.559. The molecule has 0 bridgehead atoms. The molecule has 0 saturated carbocycles. The first-order chi connectivity index (χ1) is 7.60. The molecule has 0 aliphatic carbocycles. The van der Waals surface area contributed by atoms with E-state index in [-0.39, 0.29) is 12.2 Å². The molecule has 5 heteroatoms. The van der Waals surface area contributed by atoms with E-state index >= 15 is 0 Å². The molecular weight excluding hydrogens is 215 g/mol. The van der Waals surface area contributed by atoms with Crippen LogP contribution in [0.25, 0.3) is 0 Å². The third kappa shape index (κ3) is 2.77. The number of hydrogen-bond donors (Lipinski definition) is 1. The Morgan fingerprint density at radius 1 is 1.50 bits per heavy atom. The van der Waals surface area contributed by atoms with Crippen molar-refractivity contribution in [1.29, 1.82) is 0 Å². The van der Waals surface area contributed by atoms with E-state index in [1.165, 1.54) is 25.3 Å². The molecule has 0 fully saturated rings. The molecule has 0 spiro atoms. The van der Waals surface area contributed by atoms with Gasteiger partial charge in [0.05, 0.1) is 13.7 Å². The Labute approximate surface area is 92.6 Å². The molecule has 0 aliphatic heterocycles. The van der Waals surface area contributed by atoms with Crippen molar-refractivity contribution in [2.45, 2.75) is 12.7 Å². The molecule has 0 aromatic heterocycles. The molecule has 1 atom stereocenters. The summed E-state index contributed by atoms with van der Waals surface area (Å²) in [4.78, 5) is 11.1. The summed E-state index contributed by atoms with van der Waals surface area (Å²) in [6.07, 6.45) is -1.61. The fraction of sp³-hybridized carbons (Fsp3) is 0.364. The normalized spacial score (nSPS) is 12.2. The monoisotopic (exact) mass is 228 g/mol. The number of ether oxygens (including phenoxy) is 2. The van der Waals surface area contributed by atoms with E-state index in [1.54, 1.807) is 0 Å². The smallest absolute Gasteiger partial charge is 0.339 e.